The molecule has 1 nitrogen and oxygen atoms in total. The largest absolute Gasteiger partial charge is 0.309 e. The lowest BCUT2D eigenvalue weighted by molar-refractivity contribution is 0.478. The van der Waals surface area contributed by atoms with Gasteiger partial charge in [-0.15, -0.1) is 29.5 Å². The Morgan fingerprint density at radius 1 is 1.62 bits per heavy atom. The Kier molecular flexibility index (Phi) is 4.77. The molecule has 0 amide bonds. The van der Waals surface area contributed by atoms with Crippen LogP contribution in [0, 0.1) is 12.3 Å². The zero-order chi connectivity index (χ0) is 11.2. The van der Waals surface area contributed by atoms with Gasteiger partial charge in [0.1, 0.15) is 0 Å². The van der Waals surface area contributed by atoms with Crippen LogP contribution in [0.2, 0.25) is 0 Å². The van der Waals surface area contributed by atoms with Gasteiger partial charge in [0.05, 0.1) is 5.75 Å². The van der Waals surface area contributed by atoms with Crippen LogP contribution >= 0.6 is 23.1 Å². The first-order chi connectivity index (χ1) is 7.92. The first-order valence-corrected chi connectivity index (χ1v) is 7.76. The minimum atomic E-state index is 0.585. The molecule has 0 radical (unpaired) electrons. The van der Waals surface area contributed by atoms with Gasteiger partial charge in [-0.05, 0) is 36.3 Å². The molecule has 2 rings (SSSR count). The van der Waals surface area contributed by atoms with Gasteiger partial charge in [0, 0.05) is 23.2 Å². The maximum Gasteiger partial charge on any atom is 0.0545 e. The third kappa shape index (κ3) is 3.04. The smallest absolute Gasteiger partial charge is 0.0545 e. The highest BCUT2D eigenvalue weighted by Crippen LogP contribution is 2.33. The molecule has 3 heteroatoms. The predicted molar refractivity (Wildman–Crippen MR) is 74.2 cm³/mol. The highest BCUT2D eigenvalue weighted by atomic mass is 32.2. The van der Waals surface area contributed by atoms with Gasteiger partial charge in [0.15, 0.2) is 0 Å². The number of hydrogen-bond acceptors (Lipinski definition) is 3. The highest BCUT2D eigenvalue weighted by Gasteiger charge is 2.19. The van der Waals surface area contributed by atoms with Gasteiger partial charge >= 0.3 is 0 Å². The Balaban J connectivity index is 1.77. The molecule has 1 atom stereocenters. The third-order valence-corrected chi connectivity index (χ3v) is 4.73. The fraction of sp³-hybridized carbons (Fsp3) is 0.538. The normalized spacial score (nSPS) is 19.1. The van der Waals surface area contributed by atoms with Gasteiger partial charge in [-0.2, -0.15) is 0 Å². The second kappa shape index (κ2) is 6.34. The van der Waals surface area contributed by atoms with Gasteiger partial charge < -0.3 is 5.32 Å². The summed E-state index contributed by atoms with van der Waals surface area (Å²) in [6.45, 7) is 1.06. The first kappa shape index (κ1) is 12.0. The molecule has 1 aliphatic carbocycles. The fourth-order valence-electron chi connectivity index (χ4n) is 2.13. The van der Waals surface area contributed by atoms with Crippen molar-refractivity contribution in [2.24, 2.45) is 0 Å². The molecule has 0 aromatic carbocycles. The van der Waals surface area contributed by atoms with Gasteiger partial charge in [0.2, 0.25) is 0 Å². The van der Waals surface area contributed by atoms with E-state index in [4.69, 9.17) is 6.42 Å². The predicted octanol–water partition coefficient (Wildman–Crippen LogP) is 3.08. The average molecular weight is 251 g/mol. The molecule has 0 saturated carbocycles. The van der Waals surface area contributed by atoms with Gasteiger partial charge in [0.25, 0.3) is 0 Å². The molecule has 0 aliphatic heterocycles. The molecule has 1 aliphatic rings. The van der Waals surface area contributed by atoms with E-state index in [9.17, 15) is 0 Å². The van der Waals surface area contributed by atoms with Crippen molar-refractivity contribution in [3.8, 4) is 12.3 Å². The summed E-state index contributed by atoms with van der Waals surface area (Å²) in [5.74, 6) is 4.60. The number of aryl methyl sites for hydroxylation is 1. The minimum Gasteiger partial charge on any atom is -0.309 e. The molecule has 16 heavy (non-hydrogen) atoms. The summed E-state index contributed by atoms with van der Waals surface area (Å²) in [6.07, 6.45) is 9.09. The third-order valence-electron chi connectivity index (χ3n) is 2.87. The summed E-state index contributed by atoms with van der Waals surface area (Å²) in [5.41, 5.74) is 1.54. The first-order valence-electron chi connectivity index (χ1n) is 5.72. The second-order valence-electron chi connectivity index (χ2n) is 3.95. The van der Waals surface area contributed by atoms with E-state index in [0.29, 0.717) is 6.04 Å². The summed E-state index contributed by atoms with van der Waals surface area (Å²) in [5, 5.41) is 5.86. The molecule has 1 aromatic rings. The molecule has 86 valence electrons. The Labute approximate surface area is 106 Å². The lowest BCUT2D eigenvalue weighted by Gasteiger charge is -2.23. The molecule has 0 fully saturated rings. The van der Waals surface area contributed by atoms with E-state index in [0.717, 1.165) is 18.1 Å². The van der Waals surface area contributed by atoms with Gasteiger partial charge in [-0.1, -0.05) is 5.92 Å². The minimum absolute atomic E-state index is 0.585. The lowest BCUT2D eigenvalue weighted by Crippen LogP contribution is -2.26. The number of rotatable bonds is 5. The van der Waals surface area contributed by atoms with Gasteiger partial charge in [-0.25, -0.2) is 0 Å². The van der Waals surface area contributed by atoms with E-state index < -0.39 is 0 Å². The Morgan fingerprint density at radius 2 is 2.56 bits per heavy atom. The Morgan fingerprint density at radius 3 is 3.44 bits per heavy atom. The van der Waals surface area contributed by atoms with E-state index in [1.165, 1.54) is 24.8 Å². The van der Waals surface area contributed by atoms with Crippen LogP contribution in [-0.2, 0) is 6.42 Å². The molecular weight excluding hydrogens is 234 g/mol. The van der Waals surface area contributed by atoms with Crippen LogP contribution in [0.4, 0.5) is 0 Å². The van der Waals surface area contributed by atoms with Crippen molar-refractivity contribution < 1.29 is 0 Å². The number of fused-ring (bicyclic) bond motifs is 1. The van der Waals surface area contributed by atoms with Crippen molar-refractivity contribution in [2.75, 3.05) is 18.1 Å². The lowest BCUT2D eigenvalue weighted by atomic mass is 9.94. The summed E-state index contributed by atoms with van der Waals surface area (Å²) >= 11 is 3.73. The molecule has 1 unspecified atom stereocenters. The van der Waals surface area contributed by atoms with Crippen LogP contribution in [-0.4, -0.2) is 18.1 Å². The van der Waals surface area contributed by atoms with Crippen molar-refractivity contribution in [2.45, 2.75) is 25.3 Å². The van der Waals surface area contributed by atoms with Crippen LogP contribution < -0.4 is 5.32 Å². The topological polar surface area (TPSA) is 12.0 Å². The highest BCUT2D eigenvalue weighted by molar-refractivity contribution is 7.99. The van der Waals surface area contributed by atoms with Crippen molar-refractivity contribution in [3.05, 3.63) is 21.9 Å². The number of thioether (sulfide) groups is 1. The maximum atomic E-state index is 5.21. The van der Waals surface area contributed by atoms with Crippen LogP contribution in [0.5, 0.6) is 0 Å². The molecule has 1 N–H and O–H groups in total. The van der Waals surface area contributed by atoms with E-state index >= 15 is 0 Å². The van der Waals surface area contributed by atoms with Crippen molar-refractivity contribution >= 4 is 23.1 Å². The van der Waals surface area contributed by atoms with Crippen molar-refractivity contribution in [3.63, 3.8) is 0 Å². The standard InChI is InChI=1S/C13H17NS2/c1-2-8-15-10-7-14-12-4-3-5-13-11(12)6-9-16-13/h1,6,9,12,14H,3-5,7-8,10H2. The van der Waals surface area contributed by atoms with Crippen LogP contribution in [0.1, 0.15) is 29.3 Å². The van der Waals surface area contributed by atoms with Gasteiger partial charge in [-0.3, -0.25) is 0 Å². The Hall–Kier alpha value is -0.430. The quantitative estimate of drug-likeness (QED) is 0.637. The molecule has 0 bridgehead atoms. The zero-order valence-electron chi connectivity index (χ0n) is 9.37. The summed E-state index contributed by atoms with van der Waals surface area (Å²) in [4.78, 5) is 1.58. The Bertz CT molecular complexity index is 364. The van der Waals surface area contributed by atoms with Crippen LogP contribution in [0.3, 0.4) is 0 Å². The molecular formula is C13H17NS2. The number of hydrogen-bond donors (Lipinski definition) is 1. The zero-order valence-corrected chi connectivity index (χ0v) is 11.0. The SMILES string of the molecule is C#CCSCCNC1CCCc2sccc21. The van der Waals surface area contributed by atoms with E-state index in [2.05, 4.69) is 22.7 Å². The average Bonchev–Trinajstić information content (AvgIpc) is 2.77. The number of nitrogens with one attached hydrogen (secondary N) is 1. The van der Waals surface area contributed by atoms with Crippen molar-refractivity contribution in [1.82, 2.24) is 5.32 Å². The summed E-state index contributed by atoms with van der Waals surface area (Å²) in [7, 11) is 0. The number of thiophene rings is 1. The summed E-state index contributed by atoms with van der Waals surface area (Å²) in [6, 6.07) is 2.87. The fourth-order valence-corrected chi connectivity index (χ4v) is 3.65. The van der Waals surface area contributed by atoms with Crippen LogP contribution in [0.25, 0.3) is 0 Å². The number of terminal acetylenes is 1. The molecule has 1 heterocycles. The van der Waals surface area contributed by atoms with Crippen LogP contribution in [0.15, 0.2) is 11.4 Å². The van der Waals surface area contributed by atoms with E-state index in [1.54, 1.807) is 4.88 Å². The second-order valence-corrected chi connectivity index (χ2v) is 6.06. The molecule has 0 spiro atoms. The van der Waals surface area contributed by atoms with E-state index in [-0.39, 0.29) is 0 Å². The molecule has 0 saturated heterocycles. The molecule has 1 aromatic heterocycles. The van der Waals surface area contributed by atoms with Crippen molar-refractivity contribution in [1.29, 1.82) is 0 Å². The summed E-state index contributed by atoms with van der Waals surface area (Å²) < 4.78 is 0. The van der Waals surface area contributed by atoms with E-state index in [1.807, 2.05) is 23.1 Å². The maximum absolute atomic E-state index is 5.21. The monoisotopic (exact) mass is 251 g/mol.